The van der Waals surface area contributed by atoms with Crippen LogP contribution in [0.25, 0.3) is 22.4 Å². The molecule has 1 fully saturated rings. The summed E-state index contributed by atoms with van der Waals surface area (Å²) < 4.78 is 62.0. The SMILES string of the molecule is CCS(=N)(=O)c1cc(C2(C#N)CC2)ccc1-c1nc2cc(C(F)(F)F)c#cc2n1C. The summed E-state index contributed by atoms with van der Waals surface area (Å²) >= 11 is 0. The molecular weight excluding hydrogens is 413 g/mol. The molecule has 0 amide bonds. The summed E-state index contributed by atoms with van der Waals surface area (Å²) in [6.07, 6.45) is -3.17. The summed E-state index contributed by atoms with van der Waals surface area (Å²) in [6.45, 7) is 1.64. The zero-order valence-corrected chi connectivity index (χ0v) is 17.0. The van der Waals surface area contributed by atoms with E-state index in [9.17, 15) is 22.6 Å². The van der Waals surface area contributed by atoms with Crippen molar-refractivity contribution in [1.29, 1.82) is 10.0 Å². The van der Waals surface area contributed by atoms with E-state index in [0.717, 1.165) is 6.07 Å². The van der Waals surface area contributed by atoms with Crippen LogP contribution in [-0.4, -0.2) is 19.5 Å². The number of imidazole rings is 1. The molecular formula is C21H17F3N4OS. The van der Waals surface area contributed by atoms with Gasteiger partial charge < -0.3 is 4.57 Å². The Kier molecular flexibility index (Phi) is 4.37. The van der Waals surface area contributed by atoms with Crippen molar-refractivity contribution in [3.8, 4) is 17.5 Å². The van der Waals surface area contributed by atoms with Crippen LogP contribution >= 0.6 is 0 Å². The Hall–Kier alpha value is -3.04. The molecule has 0 spiro atoms. The fourth-order valence-corrected chi connectivity index (χ4v) is 4.63. The van der Waals surface area contributed by atoms with Crippen molar-refractivity contribution in [3.05, 3.63) is 47.5 Å². The van der Waals surface area contributed by atoms with E-state index in [1.165, 1.54) is 0 Å². The normalized spacial score (nSPS) is 17.2. The van der Waals surface area contributed by atoms with Crippen LogP contribution in [0.3, 0.4) is 0 Å². The van der Waals surface area contributed by atoms with Crippen molar-refractivity contribution in [1.82, 2.24) is 9.55 Å². The molecule has 2 aromatic carbocycles. The van der Waals surface area contributed by atoms with Crippen molar-refractivity contribution < 1.29 is 17.4 Å². The Morgan fingerprint density at radius 2 is 2.03 bits per heavy atom. The summed E-state index contributed by atoms with van der Waals surface area (Å²) in [5.74, 6) is 0.344. The summed E-state index contributed by atoms with van der Waals surface area (Å²) in [7, 11) is -1.57. The number of hydrogen-bond acceptors (Lipinski definition) is 4. The van der Waals surface area contributed by atoms with E-state index in [-0.39, 0.29) is 22.0 Å². The molecule has 154 valence electrons. The van der Waals surface area contributed by atoms with E-state index in [1.807, 2.05) is 0 Å². The topological polar surface area (TPSA) is 82.5 Å². The zero-order valence-electron chi connectivity index (χ0n) is 16.2. The first-order chi connectivity index (χ1) is 14.0. The lowest BCUT2D eigenvalue weighted by Crippen LogP contribution is -2.09. The highest BCUT2D eigenvalue weighted by atomic mass is 32.2. The highest BCUT2D eigenvalue weighted by molar-refractivity contribution is 7.92. The number of nitrogens with one attached hydrogen (secondary N) is 1. The molecule has 3 aromatic rings. The molecule has 0 radical (unpaired) electrons. The largest absolute Gasteiger partial charge is 0.424 e. The predicted molar refractivity (Wildman–Crippen MR) is 105 cm³/mol. The van der Waals surface area contributed by atoms with Gasteiger partial charge in [0.2, 0.25) is 0 Å². The van der Waals surface area contributed by atoms with Gasteiger partial charge in [-0.3, -0.25) is 0 Å². The number of halogens is 3. The summed E-state index contributed by atoms with van der Waals surface area (Å²) in [4.78, 5) is 4.57. The Balaban J connectivity index is 1.95. The standard InChI is InChI=1S/C21H17F3N4OS/c1-3-30(26,29)18-11-13(20(12-25)8-9-20)4-6-15(18)19-27-16-10-14(21(22,23)24)5-7-17(16)28(19)2/h4,6,10-11,26H,3,8-9H2,1-2H3. The van der Waals surface area contributed by atoms with E-state index in [0.29, 0.717) is 29.5 Å². The first-order valence-electron chi connectivity index (χ1n) is 9.23. The summed E-state index contributed by atoms with van der Waals surface area (Å²) in [6, 6.07) is 12.8. The number of rotatable bonds is 4. The second-order valence-corrected chi connectivity index (χ2v) is 9.77. The van der Waals surface area contributed by atoms with E-state index in [4.69, 9.17) is 4.78 Å². The molecule has 1 unspecified atom stereocenters. The van der Waals surface area contributed by atoms with Gasteiger partial charge >= 0.3 is 6.18 Å². The molecule has 1 atom stereocenters. The lowest BCUT2D eigenvalue weighted by Gasteiger charge is -2.15. The van der Waals surface area contributed by atoms with Gasteiger partial charge in [0, 0.05) is 18.4 Å². The van der Waals surface area contributed by atoms with Crippen LogP contribution in [0, 0.1) is 28.2 Å². The van der Waals surface area contributed by atoms with Crippen LogP contribution < -0.4 is 0 Å². The minimum atomic E-state index is -4.57. The van der Waals surface area contributed by atoms with Crippen molar-refractivity contribution in [2.24, 2.45) is 7.05 Å². The van der Waals surface area contributed by atoms with Crippen molar-refractivity contribution in [3.63, 3.8) is 0 Å². The third-order valence-corrected chi connectivity index (χ3v) is 7.39. The second kappa shape index (κ2) is 6.48. The van der Waals surface area contributed by atoms with Gasteiger partial charge in [0.15, 0.2) is 0 Å². The van der Waals surface area contributed by atoms with Gasteiger partial charge in [0.05, 0.1) is 31.6 Å². The quantitative estimate of drug-likeness (QED) is 0.643. The third-order valence-electron chi connectivity index (χ3n) is 5.52. The third kappa shape index (κ3) is 3.10. The number of nitriles is 1. The number of nitrogens with zero attached hydrogens (tertiary/aromatic N) is 3. The lowest BCUT2D eigenvalue weighted by atomic mass is 9.96. The molecule has 1 heterocycles. The van der Waals surface area contributed by atoms with Crippen LogP contribution in [-0.2, 0) is 28.4 Å². The monoisotopic (exact) mass is 430 g/mol. The number of aromatic nitrogens is 2. The number of fused-ring (bicyclic) bond motifs is 1. The number of alkyl halides is 3. The number of hydrogen-bond donors (Lipinski definition) is 1. The van der Waals surface area contributed by atoms with Crippen LogP contribution in [0.4, 0.5) is 13.2 Å². The molecule has 1 aliphatic carbocycles. The number of aryl methyl sites for hydroxylation is 1. The van der Waals surface area contributed by atoms with Crippen LogP contribution in [0.15, 0.2) is 29.2 Å². The van der Waals surface area contributed by atoms with E-state index in [2.05, 4.69) is 23.2 Å². The van der Waals surface area contributed by atoms with Gasteiger partial charge in [-0.1, -0.05) is 19.1 Å². The van der Waals surface area contributed by atoms with E-state index in [1.54, 1.807) is 36.7 Å². The lowest BCUT2D eigenvalue weighted by molar-refractivity contribution is -0.137. The molecule has 0 bridgehead atoms. The minimum absolute atomic E-state index is 0.0606. The van der Waals surface area contributed by atoms with Gasteiger partial charge in [0.1, 0.15) is 16.9 Å². The maximum atomic E-state index is 13.0. The predicted octanol–water partition coefficient (Wildman–Crippen LogP) is 4.84. The van der Waals surface area contributed by atoms with Crippen LogP contribution in [0.2, 0.25) is 0 Å². The van der Waals surface area contributed by atoms with E-state index >= 15 is 0 Å². The van der Waals surface area contributed by atoms with Crippen molar-refractivity contribution in [2.75, 3.05) is 5.75 Å². The van der Waals surface area contributed by atoms with Crippen LogP contribution in [0.5, 0.6) is 0 Å². The van der Waals surface area contributed by atoms with Crippen molar-refractivity contribution in [2.45, 2.75) is 36.3 Å². The molecule has 30 heavy (non-hydrogen) atoms. The van der Waals surface area contributed by atoms with Gasteiger partial charge in [-0.25, -0.2) is 14.0 Å². The maximum Gasteiger partial charge on any atom is 0.424 e. The second-order valence-electron chi connectivity index (χ2n) is 7.40. The van der Waals surface area contributed by atoms with Gasteiger partial charge in [0.25, 0.3) is 0 Å². The first-order valence-corrected chi connectivity index (χ1v) is 11.0. The molecule has 1 saturated carbocycles. The highest BCUT2D eigenvalue weighted by Crippen LogP contribution is 2.48. The van der Waals surface area contributed by atoms with Gasteiger partial charge in [-0.15, -0.1) is 0 Å². The zero-order chi connectivity index (χ0) is 21.9. The molecule has 1 N–H and O–H groups in total. The Morgan fingerprint density at radius 3 is 2.60 bits per heavy atom. The van der Waals surface area contributed by atoms with E-state index < -0.39 is 26.9 Å². The fraction of sp³-hybridized carbons (Fsp3) is 0.333. The minimum Gasteiger partial charge on any atom is -0.320 e. The molecule has 1 aliphatic rings. The molecule has 5 nitrogen and oxygen atoms in total. The highest BCUT2D eigenvalue weighted by Gasteiger charge is 2.45. The maximum absolute atomic E-state index is 13.0. The fourth-order valence-electron chi connectivity index (χ4n) is 3.48. The van der Waals surface area contributed by atoms with Crippen LogP contribution in [0.1, 0.15) is 30.9 Å². The Morgan fingerprint density at radius 1 is 1.33 bits per heavy atom. The molecule has 1 aromatic heterocycles. The summed E-state index contributed by atoms with van der Waals surface area (Å²) in [5.41, 5.74) is -0.0929. The smallest absolute Gasteiger partial charge is 0.320 e. The van der Waals surface area contributed by atoms with Gasteiger partial charge in [-0.2, -0.15) is 18.4 Å². The first kappa shape index (κ1) is 20.2. The molecule has 9 heteroatoms. The Bertz CT molecular complexity index is 1310. The molecule has 0 saturated heterocycles. The average molecular weight is 430 g/mol. The molecule has 0 aliphatic heterocycles. The average Bonchev–Trinajstić information content (AvgIpc) is 3.45. The Labute approximate surface area is 172 Å². The van der Waals surface area contributed by atoms with Gasteiger partial charge in [-0.05, 0) is 42.7 Å². The number of benzene rings is 1. The molecule has 4 rings (SSSR count). The summed E-state index contributed by atoms with van der Waals surface area (Å²) in [5, 5.41) is 9.49. The van der Waals surface area contributed by atoms with Crippen molar-refractivity contribution >= 4 is 20.8 Å².